The van der Waals surface area contributed by atoms with Crippen LogP contribution >= 0.6 is 0 Å². The predicted molar refractivity (Wildman–Crippen MR) is 83.6 cm³/mol. The predicted octanol–water partition coefficient (Wildman–Crippen LogP) is -0.414. The first-order chi connectivity index (χ1) is 11.6. The molecule has 0 aliphatic carbocycles. The van der Waals surface area contributed by atoms with Crippen LogP contribution < -0.4 is 5.32 Å². The molecule has 4 atom stereocenters. The van der Waals surface area contributed by atoms with Crippen molar-refractivity contribution in [2.75, 3.05) is 19.6 Å². The lowest BCUT2D eigenvalue weighted by molar-refractivity contribution is -0.137. The Hall–Kier alpha value is -2.22. The summed E-state index contributed by atoms with van der Waals surface area (Å²) in [6.45, 7) is 4.30. The van der Waals surface area contributed by atoms with Gasteiger partial charge in [-0.05, 0) is 6.42 Å². The molecule has 1 aromatic rings. The highest BCUT2D eigenvalue weighted by molar-refractivity contribution is 5.93. The second kappa shape index (κ2) is 5.70. The maximum absolute atomic E-state index is 12.7. The Morgan fingerprint density at radius 2 is 2.38 bits per heavy atom. The lowest BCUT2D eigenvalue weighted by Crippen LogP contribution is -2.44. The molecule has 1 aromatic heterocycles. The van der Waals surface area contributed by atoms with Crippen molar-refractivity contribution in [2.45, 2.75) is 31.6 Å². The van der Waals surface area contributed by atoms with Gasteiger partial charge in [-0.2, -0.15) is 5.10 Å². The Morgan fingerprint density at radius 1 is 1.50 bits per heavy atom. The number of amides is 2. The first kappa shape index (κ1) is 15.3. The lowest BCUT2D eigenvalue weighted by Gasteiger charge is -2.23. The van der Waals surface area contributed by atoms with Crippen molar-refractivity contribution < 1.29 is 14.3 Å². The van der Waals surface area contributed by atoms with E-state index in [1.807, 2.05) is 24.0 Å². The van der Waals surface area contributed by atoms with Gasteiger partial charge in [0.1, 0.15) is 18.3 Å². The fraction of sp³-hybridized carbons (Fsp3) is 0.625. The van der Waals surface area contributed by atoms with Crippen molar-refractivity contribution >= 4 is 11.8 Å². The molecule has 2 saturated heterocycles. The largest absolute Gasteiger partial charge is 0.360 e. The van der Waals surface area contributed by atoms with Crippen LogP contribution in [0.5, 0.6) is 0 Å². The number of fused-ring (bicyclic) bond motifs is 1. The monoisotopic (exact) mass is 331 g/mol. The molecule has 2 amide bonds. The molecular formula is C16H21N5O3. The highest BCUT2D eigenvalue weighted by atomic mass is 16.5. The third kappa shape index (κ3) is 2.24. The van der Waals surface area contributed by atoms with E-state index in [0.717, 1.165) is 6.42 Å². The van der Waals surface area contributed by atoms with Gasteiger partial charge in [-0.15, -0.1) is 0 Å². The first-order valence-corrected chi connectivity index (χ1v) is 8.41. The zero-order valence-corrected chi connectivity index (χ0v) is 13.6. The minimum absolute atomic E-state index is 0.0418. The van der Waals surface area contributed by atoms with Crippen LogP contribution in [-0.2, 0) is 20.9 Å². The van der Waals surface area contributed by atoms with E-state index in [0.29, 0.717) is 26.2 Å². The average molecular weight is 331 g/mol. The van der Waals surface area contributed by atoms with Gasteiger partial charge in [-0.1, -0.05) is 19.1 Å². The van der Waals surface area contributed by atoms with Gasteiger partial charge >= 0.3 is 0 Å². The third-order valence-corrected chi connectivity index (χ3v) is 5.08. The van der Waals surface area contributed by atoms with Crippen LogP contribution in [0.15, 0.2) is 24.8 Å². The third-order valence-electron chi connectivity index (χ3n) is 5.08. The Balaban J connectivity index is 1.44. The number of nitrogens with one attached hydrogen (secondary N) is 1. The lowest BCUT2D eigenvalue weighted by atomic mass is 9.77. The molecular weight excluding hydrogens is 310 g/mol. The first-order valence-electron chi connectivity index (χ1n) is 8.41. The van der Waals surface area contributed by atoms with Crippen molar-refractivity contribution in [2.24, 2.45) is 11.8 Å². The molecule has 0 aromatic carbocycles. The van der Waals surface area contributed by atoms with Crippen LogP contribution in [0.3, 0.4) is 0 Å². The van der Waals surface area contributed by atoms with Crippen molar-refractivity contribution in [3.8, 4) is 0 Å². The number of likely N-dealkylation sites (tertiary alicyclic amines) is 1. The summed E-state index contributed by atoms with van der Waals surface area (Å²) in [6.07, 6.45) is 7.58. The van der Waals surface area contributed by atoms with Gasteiger partial charge in [0, 0.05) is 13.1 Å². The van der Waals surface area contributed by atoms with Gasteiger partial charge in [-0.3, -0.25) is 14.3 Å². The zero-order valence-electron chi connectivity index (χ0n) is 13.6. The average Bonchev–Trinajstić information content (AvgIpc) is 3.31. The van der Waals surface area contributed by atoms with Crippen molar-refractivity contribution in [3.63, 3.8) is 0 Å². The normalized spacial score (nSPS) is 33.3. The summed E-state index contributed by atoms with van der Waals surface area (Å²) in [5, 5.41) is 6.91. The molecule has 3 aliphatic heterocycles. The Labute approximate surface area is 139 Å². The van der Waals surface area contributed by atoms with E-state index in [1.165, 1.54) is 6.33 Å². The smallest absolute Gasteiger partial charge is 0.230 e. The summed E-state index contributed by atoms with van der Waals surface area (Å²) < 4.78 is 7.71. The molecule has 3 aliphatic rings. The van der Waals surface area contributed by atoms with Gasteiger partial charge in [0.15, 0.2) is 0 Å². The molecule has 1 N–H and O–H groups in total. The molecule has 4 heterocycles. The summed E-state index contributed by atoms with van der Waals surface area (Å²) >= 11 is 0. The second-order valence-electron chi connectivity index (χ2n) is 6.61. The molecule has 2 fully saturated rings. The molecule has 4 rings (SSSR count). The molecule has 8 heteroatoms. The minimum Gasteiger partial charge on any atom is -0.360 e. The highest BCUT2D eigenvalue weighted by Gasteiger charge is 2.66. The van der Waals surface area contributed by atoms with E-state index in [4.69, 9.17) is 4.74 Å². The zero-order chi connectivity index (χ0) is 16.7. The number of rotatable bonds is 6. The van der Waals surface area contributed by atoms with E-state index in [1.54, 1.807) is 11.0 Å². The number of carbonyl (C=O) groups is 2. The number of aromatic nitrogens is 3. The summed E-state index contributed by atoms with van der Waals surface area (Å²) in [6, 6.07) is 0. The highest BCUT2D eigenvalue weighted by Crippen LogP contribution is 2.51. The molecule has 0 radical (unpaired) electrons. The summed E-state index contributed by atoms with van der Waals surface area (Å²) in [7, 11) is 0. The number of nitrogens with zero attached hydrogens (tertiary/aromatic N) is 4. The number of hydrogen-bond donors (Lipinski definition) is 1. The second-order valence-corrected chi connectivity index (χ2v) is 6.61. The van der Waals surface area contributed by atoms with E-state index in [9.17, 15) is 9.59 Å². The van der Waals surface area contributed by atoms with Gasteiger partial charge in [-0.25, -0.2) is 4.98 Å². The minimum atomic E-state index is -0.606. The van der Waals surface area contributed by atoms with E-state index < -0.39 is 17.4 Å². The molecule has 128 valence electrons. The molecule has 1 spiro atoms. The van der Waals surface area contributed by atoms with E-state index in [-0.39, 0.29) is 17.9 Å². The summed E-state index contributed by atoms with van der Waals surface area (Å²) in [5.41, 5.74) is -0.606. The maximum atomic E-state index is 12.7. The fourth-order valence-corrected chi connectivity index (χ4v) is 4.10. The molecule has 24 heavy (non-hydrogen) atoms. The van der Waals surface area contributed by atoms with Crippen LogP contribution in [-0.4, -0.2) is 62.8 Å². The quantitative estimate of drug-likeness (QED) is 0.716. The van der Waals surface area contributed by atoms with Crippen LogP contribution in [0.2, 0.25) is 0 Å². The van der Waals surface area contributed by atoms with Gasteiger partial charge in [0.2, 0.25) is 11.8 Å². The van der Waals surface area contributed by atoms with Crippen molar-refractivity contribution in [3.05, 3.63) is 24.8 Å². The van der Waals surface area contributed by atoms with Gasteiger partial charge in [0.05, 0.1) is 31.0 Å². The maximum Gasteiger partial charge on any atom is 0.230 e. The van der Waals surface area contributed by atoms with E-state index >= 15 is 0 Å². The van der Waals surface area contributed by atoms with Crippen molar-refractivity contribution in [1.82, 2.24) is 25.0 Å². The van der Waals surface area contributed by atoms with Crippen LogP contribution in [0.4, 0.5) is 0 Å². The summed E-state index contributed by atoms with van der Waals surface area (Å²) in [5.74, 6) is -0.923. The standard InChI is InChI=1S/C16H21N5O3/c1-2-6-20-8-16-4-3-11(24-16)12(13(16)15(20)23)14(22)18-5-7-21-10-17-9-19-21/h3-4,9-13H,2,5-8H2,1H3,(H,18,22)/t11-,12-,13+,16-/m0/s1. The van der Waals surface area contributed by atoms with Crippen LogP contribution in [0.25, 0.3) is 0 Å². The van der Waals surface area contributed by atoms with Crippen LogP contribution in [0.1, 0.15) is 13.3 Å². The SMILES string of the molecule is CCCN1C[C@]23C=C[C@H](O2)[C@H](C(=O)NCCn2cncn2)[C@@H]3C1=O. The summed E-state index contributed by atoms with van der Waals surface area (Å²) in [4.78, 5) is 31.1. The molecule has 8 nitrogen and oxygen atoms in total. The van der Waals surface area contributed by atoms with Crippen LogP contribution in [0, 0.1) is 11.8 Å². The number of hydrogen-bond acceptors (Lipinski definition) is 5. The number of carbonyl (C=O) groups excluding carboxylic acids is 2. The van der Waals surface area contributed by atoms with Gasteiger partial charge in [0.25, 0.3) is 0 Å². The van der Waals surface area contributed by atoms with Gasteiger partial charge < -0.3 is 15.0 Å². The Bertz CT molecular complexity index is 673. The van der Waals surface area contributed by atoms with E-state index in [2.05, 4.69) is 15.4 Å². The molecule has 0 unspecified atom stereocenters. The fourth-order valence-electron chi connectivity index (χ4n) is 4.10. The van der Waals surface area contributed by atoms with Crippen molar-refractivity contribution in [1.29, 1.82) is 0 Å². The molecule has 0 saturated carbocycles. The number of ether oxygens (including phenoxy) is 1. The topological polar surface area (TPSA) is 89.3 Å². The Kier molecular flexibility index (Phi) is 3.64. The Morgan fingerprint density at radius 3 is 3.12 bits per heavy atom. The molecule has 2 bridgehead atoms.